The molecular formula is C20H20N2O2S. The maximum atomic E-state index is 12.4. The van der Waals surface area contributed by atoms with Crippen LogP contribution in [0.25, 0.3) is 10.2 Å². The highest BCUT2D eigenvalue weighted by Crippen LogP contribution is 2.19. The number of ether oxygens (including phenoxy) is 1. The van der Waals surface area contributed by atoms with E-state index in [1.54, 1.807) is 7.11 Å². The van der Waals surface area contributed by atoms with E-state index in [-0.39, 0.29) is 12.3 Å². The first-order valence-electron chi connectivity index (χ1n) is 8.02. The Kier molecular flexibility index (Phi) is 5.14. The molecule has 0 saturated heterocycles. The third kappa shape index (κ3) is 3.88. The number of amides is 1. The van der Waals surface area contributed by atoms with E-state index in [0.717, 1.165) is 21.5 Å². The highest BCUT2D eigenvalue weighted by molar-refractivity contribution is 7.16. The smallest absolute Gasteiger partial charge is 0.252 e. The van der Waals surface area contributed by atoms with Crippen molar-refractivity contribution in [3.8, 4) is 5.75 Å². The molecule has 3 aromatic rings. The summed E-state index contributed by atoms with van der Waals surface area (Å²) in [6.07, 6.45) is 2.09. The first-order chi connectivity index (χ1) is 12.1. The van der Waals surface area contributed by atoms with Crippen molar-refractivity contribution in [2.75, 3.05) is 7.11 Å². The molecule has 1 heterocycles. The average Bonchev–Trinajstić information content (AvgIpc) is 2.92. The van der Waals surface area contributed by atoms with Crippen LogP contribution >= 0.6 is 11.3 Å². The number of nitrogens with zero attached hydrogens (tertiary/aromatic N) is 2. The van der Waals surface area contributed by atoms with Crippen molar-refractivity contribution in [2.24, 2.45) is 4.99 Å². The van der Waals surface area contributed by atoms with Gasteiger partial charge in [-0.1, -0.05) is 35.6 Å². The quantitative estimate of drug-likeness (QED) is 0.654. The van der Waals surface area contributed by atoms with Crippen LogP contribution in [-0.2, 0) is 17.8 Å². The molecule has 0 N–H and O–H groups in total. The zero-order valence-corrected chi connectivity index (χ0v) is 15.2. The molecule has 0 aliphatic carbocycles. The van der Waals surface area contributed by atoms with E-state index in [4.69, 9.17) is 4.74 Å². The Morgan fingerprint density at radius 1 is 1.28 bits per heavy atom. The lowest BCUT2D eigenvalue weighted by atomic mass is 10.1. The van der Waals surface area contributed by atoms with E-state index in [9.17, 15) is 4.79 Å². The molecule has 0 spiro atoms. The molecular weight excluding hydrogens is 332 g/mol. The Balaban J connectivity index is 1.94. The molecule has 3 rings (SSSR count). The molecule has 0 unspecified atom stereocenters. The van der Waals surface area contributed by atoms with E-state index < -0.39 is 0 Å². The largest absolute Gasteiger partial charge is 0.497 e. The minimum atomic E-state index is -0.161. The van der Waals surface area contributed by atoms with Gasteiger partial charge in [0.2, 0.25) is 0 Å². The Labute approximate surface area is 150 Å². The minimum Gasteiger partial charge on any atom is -0.497 e. The second kappa shape index (κ2) is 7.49. The van der Waals surface area contributed by atoms with Crippen LogP contribution in [0.1, 0.15) is 11.1 Å². The lowest BCUT2D eigenvalue weighted by Crippen LogP contribution is -2.16. The van der Waals surface area contributed by atoms with Gasteiger partial charge < -0.3 is 9.30 Å². The summed E-state index contributed by atoms with van der Waals surface area (Å²) in [4.78, 5) is 17.5. The van der Waals surface area contributed by atoms with Crippen molar-refractivity contribution >= 4 is 27.5 Å². The lowest BCUT2D eigenvalue weighted by molar-refractivity contribution is -0.117. The molecule has 0 aliphatic heterocycles. The maximum absolute atomic E-state index is 12.4. The predicted octanol–water partition coefficient (Wildman–Crippen LogP) is 3.88. The zero-order valence-electron chi connectivity index (χ0n) is 14.4. The summed E-state index contributed by atoms with van der Waals surface area (Å²) in [7, 11) is 1.62. The van der Waals surface area contributed by atoms with Crippen LogP contribution in [0.2, 0.25) is 0 Å². The Morgan fingerprint density at radius 2 is 2.04 bits per heavy atom. The molecule has 2 aromatic carbocycles. The number of carbonyl (C=O) groups is 1. The van der Waals surface area contributed by atoms with Gasteiger partial charge in [-0.15, -0.1) is 6.58 Å². The number of thiazole rings is 1. The van der Waals surface area contributed by atoms with E-state index in [2.05, 4.69) is 36.7 Å². The topological polar surface area (TPSA) is 43.6 Å². The molecule has 0 atom stereocenters. The molecule has 128 valence electrons. The molecule has 25 heavy (non-hydrogen) atoms. The minimum absolute atomic E-state index is 0.161. The highest BCUT2D eigenvalue weighted by atomic mass is 32.1. The molecule has 0 saturated carbocycles. The van der Waals surface area contributed by atoms with E-state index in [1.807, 2.05) is 34.9 Å². The van der Waals surface area contributed by atoms with E-state index in [0.29, 0.717) is 11.3 Å². The van der Waals surface area contributed by atoms with Gasteiger partial charge in [0.1, 0.15) is 5.75 Å². The molecule has 4 nitrogen and oxygen atoms in total. The second-order valence-electron chi connectivity index (χ2n) is 5.79. The lowest BCUT2D eigenvalue weighted by Gasteiger charge is -2.02. The molecule has 0 radical (unpaired) electrons. The van der Waals surface area contributed by atoms with E-state index in [1.165, 1.54) is 16.9 Å². The number of benzene rings is 2. The fourth-order valence-electron chi connectivity index (χ4n) is 2.64. The number of rotatable bonds is 5. The van der Waals surface area contributed by atoms with Gasteiger partial charge in [0.05, 0.1) is 23.7 Å². The first kappa shape index (κ1) is 17.2. The van der Waals surface area contributed by atoms with Crippen LogP contribution in [0.15, 0.2) is 60.1 Å². The van der Waals surface area contributed by atoms with Gasteiger partial charge in [0, 0.05) is 6.54 Å². The van der Waals surface area contributed by atoms with Crippen LogP contribution in [0.3, 0.4) is 0 Å². The van der Waals surface area contributed by atoms with Crippen molar-refractivity contribution < 1.29 is 9.53 Å². The number of aromatic nitrogens is 1. The monoisotopic (exact) mass is 352 g/mol. The number of hydrogen-bond donors (Lipinski definition) is 0. The summed E-state index contributed by atoms with van der Waals surface area (Å²) < 4.78 is 8.29. The average molecular weight is 352 g/mol. The van der Waals surface area contributed by atoms with Crippen LogP contribution in [-0.4, -0.2) is 17.6 Å². The van der Waals surface area contributed by atoms with Crippen molar-refractivity contribution in [1.29, 1.82) is 0 Å². The van der Waals surface area contributed by atoms with Gasteiger partial charge in [-0.3, -0.25) is 4.79 Å². The SMILES string of the molecule is C=CCn1c(=NC(=O)Cc2ccc(OC)cc2)sc2cc(C)ccc21. The fraction of sp³-hybridized carbons (Fsp3) is 0.200. The van der Waals surface area contributed by atoms with Gasteiger partial charge in [0.15, 0.2) is 4.80 Å². The van der Waals surface area contributed by atoms with Gasteiger partial charge in [-0.05, 0) is 42.3 Å². The molecule has 1 amide bonds. The normalized spacial score (nSPS) is 11.7. The van der Waals surface area contributed by atoms with E-state index >= 15 is 0 Å². The van der Waals surface area contributed by atoms with Crippen LogP contribution in [0, 0.1) is 6.92 Å². The van der Waals surface area contributed by atoms with Gasteiger partial charge in [0.25, 0.3) is 5.91 Å². The number of carbonyl (C=O) groups excluding carboxylic acids is 1. The van der Waals surface area contributed by atoms with Gasteiger partial charge >= 0.3 is 0 Å². The Hall–Kier alpha value is -2.66. The number of methoxy groups -OCH3 is 1. The van der Waals surface area contributed by atoms with Crippen molar-refractivity contribution in [3.63, 3.8) is 0 Å². The predicted molar refractivity (Wildman–Crippen MR) is 102 cm³/mol. The molecule has 5 heteroatoms. The summed E-state index contributed by atoms with van der Waals surface area (Å²) in [5, 5.41) is 0. The van der Waals surface area contributed by atoms with Gasteiger partial charge in [-0.25, -0.2) is 0 Å². The second-order valence-corrected chi connectivity index (χ2v) is 6.79. The Bertz CT molecular complexity index is 981. The molecule has 1 aromatic heterocycles. The Morgan fingerprint density at radius 3 is 2.72 bits per heavy atom. The summed E-state index contributed by atoms with van der Waals surface area (Å²) >= 11 is 1.53. The number of hydrogen-bond acceptors (Lipinski definition) is 3. The number of allylic oxidation sites excluding steroid dienone is 1. The first-order valence-corrected chi connectivity index (χ1v) is 8.83. The number of aryl methyl sites for hydroxylation is 1. The molecule has 0 fully saturated rings. The highest BCUT2D eigenvalue weighted by Gasteiger charge is 2.08. The number of fused-ring (bicyclic) bond motifs is 1. The van der Waals surface area contributed by atoms with Crippen molar-refractivity contribution in [2.45, 2.75) is 19.9 Å². The standard InChI is InChI=1S/C20H20N2O2S/c1-4-11-22-17-10-5-14(2)12-18(17)25-20(22)21-19(23)13-15-6-8-16(24-3)9-7-15/h4-10,12H,1,11,13H2,2-3H3. The fourth-order valence-corrected chi connectivity index (χ4v) is 3.79. The third-order valence-electron chi connectivity index (χ3n) is 3.88. The zero-order chi connectivity index (χ0) is 17.8. The summed E-state index contributed by atoms with van der Waals surface area (Å²) in [6, 6.07) is 13.7. The molecule has 0 aliphatic rings. The molecule has 0 bridgehead atoms. The summed E-state index contributed by atoms with van der Waals surface area (Å²) in [5.41, 5.74) is 3.18. The third-order valence-corrected chi connectivity index (χ3v) is 4.93. The summed E-state index contributed by atoms with van der Waals surface area (Å²) in [6.45, 7) is 6.49. The van der Waals surface area contributed by atoms with Crippen molar-refractivity contribution in [3.05, 3.63) is 71.0 Å². The van der Waals surface area contributed by atoms with Gasteiger partial charge in [-0.2, -0.15) is 4.99 Å². The van der Waals surface area contributed by atoms with Crippen LogP contribution < -0.4 is 9.54 Å². The van der Waals surface area contributed by atoms with Crippen LogP contribution in [0.5, 0.6) is 5.75 Å². The maximum Gasteiger partial charge on any atom is 0.252 e. The van der Waals surface area contributed by atoms with Crippen molar-refractivity contribution in [1.82, 2.24) is 4.57 Å². The van der Waals surface area contributed by atoms with Crippen LogP contribution in [0.4, 0.5) is 0 Å². The summed E-state index contributed by atoms with van der Waals surface area (Å²) in [5.74, 6) is 0.614.